The lowest BCUT2D eigenvalue weighted by Gasteiger charge is -2.14. The minimum atomic E-state index is -0.661. The van der Waals surface area contributed by atoms with Crippen molar-refractivity contribution >= 4 is 12.0 Å². The van der Waals surface area contributed by atoms with Gasteiger partial charge in [0.25, 0.3) is 0 Å². The zero-order valence-corrected chi connectivity index (χ0v) is 11.3. The van der Waals surface area contributed by atoms with Gasteiger partial charge in [0, 0.05) is 17.4 Å². The van der Waals surface area contributed by atoms with Crippen molar-refractivity contribution < 1.29 is 14.3 Å². The fourth-order valence-electron chi connectivity index (χ4n) is 1.36. The van der Waals surface area contributed by atoms with E-state index in [0.29, 0.717) is 6.42 Å². The van der Waals surface area contributed by atoms with Gasteiger partial charge in [-0.05, 0) is 24.3 Å². The summed E-state index contributed by atoms with van der Waals surface area (Å²) >= 11 is 0. The molecule has 4 nitrogen and oxygen atoms in total. The average molecular weight is 256 g/mol. The maximum absolute atomic E-state index is 11.6. The molecule has 0 aliphatic heterocycles. The Morgan fingerprint density at radius 2 is 2.05 bits per heavy atom. The Labute approximate surface area is 113 Å². The number of ether oxygens (including phenoxy) is 1. The maximum atomic E-state index is 11.6. The quantitative estimate of drug-likeness (QED) is 0.359. The smallest absolute Gasteiger partial charge is 0.323 e. The molecule has 1 aromatic carbocycles. The highest BCUT2D eigenvalue weighted by molar-refractivity contribution is 6.27. The molecule has 0 amide bonds. The Balaban J connectivity index is 2.73. The largest absolute Gasteiger partial charge is 0.497 e. The number of ketones is 1. The number of hydrogen-bond acceptors (Lipinski definition) is 2. The van der Waals surface area contributed by atoms with Crippen molar-refractivity contribution in [3.05, 3.63) is 35.4 Å². The van der Waals surface area contributed by atoms with Crippen molar-refractivity contribution in [1.29, 1.82) is 0 Å². The van der Waals surface area contributed by atoms with E-state index < -0.39 is 5.41 Å². The Bertz CT molecular complexity index is 556. The van der Waals surface area contributed by atoms with Crippen LogP contribution in [0.25, 0.3) is 5.53 Å². The first-order valence-electron chi connectivity index (χ1n) is 5.84. The van der Waals surface area contributed by atoms with E-state index >= 15 is 0 Å². The molecule has 0 saturated carbocycles. The molecular formula is C15H16N2O2. The summed E-state index contributed by atoms with van der Waals surface area (Å²) in [7, 11) is 1.61. The van der Waals surface area contributed by atoms with Gasteiger partial charge in [0.15, 0.2) is 0 Å². The van der Waals surface area contributed by atoms with Crippen LogP contribution in [0.4, 0.5) is 0 Å². The van der Waals surface area contributed by atoms with Crippen LogP contribution in [0.3, 0.4) is 0 Å². The topological polar surface area (TPSA) is 62.7 Å². The molecule has 0 N–H and O–H groups in total. The first-order chi connectivity index (χ1) is 8.99. The number of Topliss-reactive ketones (excluding diaryl/α,β-unsaturated/α-hetero) is 1. The fraction of sp³-hybridized carbons (Fsp3) is 0.333. The second-order valence-electron chi connectivity index (χ2n) is 4.70. The van der Waals surface area contributed by atoms with E-state index in [-0.39, 0.29) is 5.78 Å². The van der Waals surface area contributed by atoms with Gasteiger partial charge >= 0.3 is 6.21 Å². The van der Waals surface area contributed by atoms with E-state index in [4.69, 9.17) is 10.3 Å². The van der Waals surface area contributed by atoms with Crippen molar-refractivity contribution in [3.63, 3.8) is 0 Å². The second kappa shape index (κ2) is 6.53. The number of benzene rings is 1. The van der Waals surface area contributed by atoms with E-state index in [1.54, 1.807) is 21.0 Å². The number of nitrogens with zero attached hydrogens (tertiary/aromatic N) is 2. The molecule has 1 rings (SSSR count). The van der Waals surface area contributed by atoms with Crippen molar-refractivity contribution in [1.82, 2.24) is 0 Å². The van der Waals surface area contributed by atoms with Crippen LogP contribution in [-0.2, 0) is 4.79 Å². The van der Waals surface area contributed by atoms with Gasteiger partial charge in [0.1, 0.15) is 5.75 Å². The van der Waals surface area contributed by atoms with Crippen LogP contribution in [0.5, 0.6) is 5.75 Å². The van der Waals surface area contributed by atoms with Crippen LogP contribution in [0.2, 0.25) is 0 Å². The molecule has 1 aromatic rings. The lowest BCUT2D eigenvalue weighted by atomic mass is 9.85. The molecule has 0 aliphatic carbocycles. The monoisotopic (exact) mass is 256 g/mol. The average Bonchev–Trinajstić information content (AvgIpc) is 2.39. The highest BCUT2D eigenvalue weighted by Gasteiger charge is 2.27. The minimum absolute atomic E-state index is 0.251. The summed E-state index contributed by atoms with van der Waals surface area (Å²) in [5, 5.41) is 0. The number of carbonyl (C=O) groups is 1. The van der Waals surface area contributed by atoms with Crippen LogP contribution in [0.15, 0.2) is 24.3 Å². The summed E-state index contributed by atoms with van der Waals surface area (Å²) in [5.41, 5.74) is 8.55. The Kier molecular flexibility index (Phi) is 5.05. The summed E-state index contributed by atoms with van der Waals surface area (Å²) in [4.78, 5) is 14.3. The zero-order valence-electron chi connectivity index (χ0n) is 11.3. The van der Waals surface area contributed by atoms with Crippen molar-refractivity contribution in [2.45, 2.75) is 20.3 Å². The highest BCUT2D eigenvalue weighted by atomic mass is 16.5. The van der Waals surface area contributed by atoms with Gasteiger partial charge in [-0.1, -0.05) is 25.7 Å². The molecule has 98 valence electrons. The Hall–Kier alpha value is -2.37. The van der Waals surface area contributed by atoms with Crippen LogP contribution < -0.4 is 4.74 Å². The molecule has 0 fully saturated rings. The van der Waals surface area contributed by atoms with Gasteiger partial charge in [-0.25, -0.2) is 0 Å². The predicted molar refractivity (Wildman–Crippen MR) is 73.0 cm³/mol. The van der Waals surface area contributed by atoms with Crippen LogP contribution in [0, 0.1) is 17.3 Å². The third kappa shape index (κ3) is 4.42. The zero-order chi connectivity index (χ0) is 14.3. The molecule has 4 heteroatoms. The predicted octanol–water partition coefficient (Wildman–Crippen LogP) is 2.33. The van der Waals surface area contributed by atoms with E-state index in [1.165, 1.54) is 0 Å². The molecule has 0 aromatic heterocycles. The number of hydrogen-bond donors (Lipinski definition) is 0. The molecule has 0 atom stereocenters. The third-order valence-electron chi connectivity index (χ3n) is 2.70. The SMILES string of the molecule is COc1ccc(C#CCC(C)(C)C(=O)C=[N+]=[N-])cc1. The van der Waals surface area contributed by atoms with Gasteiger partial charge in [-0.2, -0.15) is 4.79 Å². The van der Waals surface area contributed by atoms with Crippen LogP contribution in [0.1, 0.15) is 25.8 Å². The van der Waals surface area contributed by atoms with Crippen molar-refractivity contribution in [2.24, 2.45) is 5.41 Å². The third-order valence-corrected chi connectivity index (χ3v) is 2.70. The van der Waals surface area contributed by atoms with Gasteiger partial charge in [-0.3, -0.25) is 4.79 Å². The number of carbonyl (C=O) groups excluding carboxylic acids is 1. The van der Waals surface area contributed by atoms with E-state index in [9.17, 15) is 4.79 Å². The summed E-state index contributed by atoms with van der Waals surface area (Å²) in [5.74, 6) is 6.48. The van der Waals surface area contributed by atoms with E-state index in [1.807, 2.05) is 24.3 Å². The number of rotatable bonds is 4. The number of methoxy groups -OCH3 is 1. The molecule has 0 aliphatic rings. The summed E-state index contributed by atoms with van der Waals surface area (Å²) < 4.78 is 5.06. The molecule has 0 saturated heterocycles. The van der Waals surface area contributed by atoms with Crippen LogP contribution in [-0.4, -0.2) is 23.9 Å². The first kappa shape index (κ1) is 14.7. The van der Waals surface area contributed by atoms with Gasteiger partial charge in [-0.15, -0.1) is 0 Å². The molecule has 0 bridgehead atoms. The maximum Gasteiger partial charge on any atom is 0.323 e. The normalized spacial score (nSPS) is 9.84. The van der Waals surface area contributed by atoms with Crippen molar-refractivity contribution in [3.8, 4) is 17.6 Å². The molecular weight excluding hydrogens is 240 g/mol. The summed E-state index contributed by atoms with van der Waals surface area (Å²) in [6.45, 7) is 3.53. The van der Waals surface area contributed by atoms with Gasteiger partial charge in [0.2, 0.25) is 5.78 Å². The highest BCUT2D eigenvalue weighted by Crippen LogP contribution is 2.20. The Morgan fingerprint density at radius 3 is 2.58 bits per heavy atom. The molecule has 0 spiro atoms. The van der Waals surface area contributed by atoms with Gasteiger partial charge < -0.3 is 10.3 Å². The standard InChI is InChI=1S/C15H16N2O2/c1-15(2,14(18)11-17-16)10-4-5-12-6-8-13(19-3)9-7-12/h6-9,11H,10H2,1-3H3. The summed E-state index contributed by atoms with van der Waals surface area (Å²) in [6.07, 6.45) is 1.30. The Morgan fingerprint density at radius 1 is 1.42 bits per heavy atom. The molecule has 0 unspecified atom stereocenters. The van der Waals surface area contributed by atoms with Crippen molar-refractivity contribution in [2.75, 3.05) is 7.11 Å². The van der Waals surface area contributed by atoms with E-state index in [2.05, 4.69) is 16.6 Å². The van der Waals surface area contributed by atoms with E-state index in [0.717, 1.165) is 17.5 Å². The minimum Gasteiger partial charge on any atom is -0.497 e. The molecule has 19 heavy (non-hydrogen) atoms. The summed E-state index contributed by atoms with van der Waals surface area (Å²) in [6, 6.07) is 7.38. The lowest BCUT2D eigenvalue weighted by molar-refractivity contribution is -0.123. The molecule has 0 radical (unpaired) electrons. The second-order valence-corrected chi connectivity index (χ2v) is 4.70. The van der Waals surface area contributed by atoms with Crippen LogP contribution >= 0.6 is 0 Å². The molecule has 0 heterocycles. The lowest BCUT2D eigenvalue weighted by Crippen LogP contribution is -2.24. The first-order valence-corrected chi connectivity index (χ1v) is 5.84. The fourth-order valence-corrected chi connectivity index (χ4v) is 1.36. The van der Waals surface area contributed by atoms with Gasteiger partial charge in [0.05, 0.1) is 7.11 Å².